The highest BCUT2D eigenvalue weighted by Crippen LogP contribution is 2.01. The maximum atomic E-state index is 3.88. The first-order valence-electron chi connectivity index (χ1n) is 8.08. The lowest BCUT2D eigenvalue weighted by atomic mass is 10.1. The summed E-state index contributed by atoms with van der Waals surface area (Å²) in [6.45, 7) is 11.5. The van der Waals surface area contributed by atoms with Gasteiger partial charge in [0, 0.05) is 12.6 Å². The van der Waals surface area contributed by atoms with Crippen LogP contribution in [-0.4, -0.2) is 25.7 Å². The fraction of sp³-hybridized carbons (Fsp3) is 0.765. The molecule has 2 N–H and O–H groups in total. The van der Waals surface area contributed by atoms with E-state index in [1.54, 1.807) is 0 Å². The standard InChI is InChI=1S/C17H34N2/c1-4-7-9-10-11-16-19-17(6-3)13-12-15-18-14-8-5-2/h6,12-13,17-19H,3-5,7-11,14-16H2,1-2H3. The van der Waals surface area contributed by atoms with E-state index in [0.29, 0.717) is 6.04 Å². The molecule has 0 aliphatic rings. The fourth-order valence-electron chi connectivity index (χ4n) is 1.93. The Morgan fingerprint density at radius 2 is 1.68 bits per heavy atom. The SMILES string of the molecule is C=CC(C=CCNCCCC)NCCCCCCC. The van der Waals surface area contributed by atoms with Gasteiger partial charge in [0.25, 0.3) is 0 Å². The molecule has 2 nitrogen and oxygen atoms in total. The number of hydrogen-bond donors (Lipinski definition) is 2. The Labute approximate surface area is 120 Å². The van der Waals surface area contributed by atoms with Gasteiger partial charge in [-0.3, -0.25) is 0 Å². The summed E-state index contributed by atoms with van der Waals surface area (Å²) in [5.74, 6) is 0. The highest BCUT2D eigenvalue weighted by atomic mass is 14.9. The zero-order valence-electron chi connectivity index (χ0n) is 13.1. The summed E-state index contributed by atoms with van der Waals surface area (Å²) >= 11 is 0. The van der Waals surface area contributed by atoms with Crippen LogP contribution in [0.4, 0.5) is 0 Å². The van der Waals surface area contributed by atoms with Gasteiger partial charge in [-0.15, -0.1) is 6.58 Å². The summed E-state index contributed by atoms with van der Waals surface area (Å²) < 4.78 is 0. The molecule has 1 atom stereocenters. The second-order valence-electron chi connectivity index (χ2n) is 5.12. The largest absolute Gasteiger partial charge is 0.313 e. The van der Waals surface area contributed by atoms with Crippen molar-refractivity contribution in [2.24, 2.45) is 0 Å². The molecule has 0 spiro atoms. The molecule has 0 heterocycles. The maximum absolute atomic E-state index is 3.88. The van der Waals surface area contributed by atoms with Crippen LogP contribution in [0.25, 0.3) is 0 Å². The third-order valence-corrected chi connectivity index (χ3v) is 3.23. The lowest BCUT2D eigenvalue weighted by Crippen LogP contribution is -2.26. The van der Waals surface area contributed by atoms with E-state index >= 15 is 0 Å². The summed E-state index contributed by atoms with van der Waals surface area (Å²) in [5, 5.41) is 6.92. The monoisotopic (exact) mass is 266 g/mol. The molecule has 0 saturated carbocycles. The van der Waals surface area contributed by atoms with Crippen LogP contribution < -0.4 is 10.6 Å². The predicted octanol–water partition coefficient (Wildman–Crippen LogP) is 4.05. The van der Waals surface area contributed by atoms with Gasteiger partial charge < -0.3 is 10.6 Å². The van der Waals surface area contributed by atoms with Crippen LogP contribution in [0.15, 0.2) is 24.8 Å². The molecule has 112 valence electrons. The summed E-state index contributed by atoms with van der Waals surface area (Å²) in [6, 6.07) is 0.319. The van der Waals surface area contributed by atoms with E-state index in [2.05, 4.69) is 43.2 Å². The predicted molar refractivity (Wildman–Crippen MR) is 87.7 cm³/mol. The first-order valence-corrected chi connectivity index (χ1v) is 8.08. The topological polar surface area (TPSA) is 24.1 Å². The van der Waals surface area contributed by atoms with Crippen LogP contribution in [0.1, 0.15) is 58.8 Å². The zero-order valence-corrected chi connectivity index (χ0v) is 13.1. The summed E-state index contributed by atoms with van der Waals surface area (Å²) in [7, 11) is 0. The molecule has 0 radical (unpaired) electrons. The van der Waals surface area contributed by atoms with Crippen molar-refractivity contribution < 1.29 is 0 Å². The molecule has 0 aromatic carbocycles. The minimum absolute atomic E-state index is 0.319. The molecular formula is C17H34N2. The van der Waals surface area contributed by atoms with E-state index in [4.69, 9.17) is 0 Å². The summed E-state index contributed by atoms with van der Waals surface area (Å²) in [6.07, 6.45) is 15.6. The van der Waals surface area contributed by atoms with Gasteiger partial charge in [0.05, 0.1) is 0 Å². The minimum atomic E-state index is 0.319. The van der Waals surface area contributed by atoms with Crippen LogP contribution in [0.5, 0.6) is 0 Å². The van der Waals surface area contributed by atoms with Gasteiger partial charge in [-0.1, -0.05) is 64.2 Å². The van der Waals surface area contributed by atoms with Crippen molar-refractivity contribution in [3.05, 3.63) is 24.8 Å². The molecule has 19 heavy (non-hydrogen) atoms. The first kappa shape index (κ1) is 18.4. The van der Waals surface area contributed by atoms with Crippen molar-refractivity contribution in [3.8, 4) is 0 Å². The molecule has 0 fully saturated rings. The lowest BCUT2D eigenvalue weighted by Gasteiger charge is -2.10. The molecule has 2 heteroatoms. The van der Waals surface area contributed by atoms with Crippen molar-refractivity contribution in [1.82, 2.24) is 10.6 Å². The molecule has 0 aliphatic heterocycles. The van der Waals surface area contributed by atoms with Crippen molar-refractivity contribution in [2.75, 3.05) is 19.6 Å². The molecule has 0 aromatic heterocycles. The van der Waals surface area contributed by atoms with E-state index in [9.17, 15) is 0 Å². The number of rotatable bonds is 14. The van der Waals surface area contributed by atoms with Gasteiger partial charge in [-0.05, 0) is 25.9 Å². The van der Waals surface area contributed by atoms with Gasteiger partial charge in [0.2, 0.25) is 0 Å². The average Bonchev–Trinajstić information content (AvgIpc) is 2.44. The van der Waals surface area contributed by atoms with Gasteiger partial charge in [-0.2, -0.15) is 0 Å². The second-order valence-corrected chi connectivity index (χ2v) is 5.12. The smallest absolute Gasteiger partial charge is 0.0433 e. The van der Waals surface area contributed by atoms with Crippen molar-refractivity contribution >= 4 is 0 Å². The molecule has 0 aromatic rings. The Bertz CT molecular complexity index is 211. The highest BCUT2D eigenvalue weighted by Gasteiger charge is 1.97. The van der Waals surface area contributed by atoms with E-state index in [-0.39, 0.29) is 0 Å². The molecule has 0 saturated heterocycles. The van der Waals surface area contributed by atoms with Crippen molar-refractivity contribution in [1.29, 1.82) is 0 Å². The van der Waals surface area contributed by atoms with E-state index < -0.39 is 0 Å². The zero-order chi connectivity index (χ0) is 14.2. The number of hydrogen-bond acceptors (Lipinski definition) is 2. The Morgan fingerprint density at radius 1 is 0.947 bits per heavy atom. The fourth-order valence-corrected chi connectivity index (χ4v) is 1.93. The van der Waals surface area contributed by atoms with Crippen LogP contribution in [0.3, 0.4) is 0 Å². The maximum Gasteiger partial charge on any atom is 0.0433 e. The molecule has 0 bridgehead atoms. The first-order chi connectivity index (χ1) is 9.35. The third kappa shape index (κ3) is 13.6. The second kappa shape index (κ2) is 15.5. The number of unbranched alkanes of at least 4 members (excludes halogenated alkanes) is 5. The van der Waals surface area contributed by atoms with Gasteiger partial charge in [0.1, 0.15) is 0 Å². The lowest BCUT2D eigenvalue weighted by molar-refractivity contribution is 0.577. The normalized spacial score (nSPS) is 12.9. The van der Waals surface area contributed by atoms with Crippen LogP contribution in [-0.2, 0) is 0 Å². The Hall–Kier alpha value is -0.600. The Balaban J connectivity index is 3.48. The average molecular weight is 266 g/mol. The molecular weight excluding hydrogens is 232 g/mol. The van der Waals surface area contributed by atoms with Crippen LogP contribution >= 0.6 is 0 Å². The molecule has 1 unspecified atom stereocenters. The van der Waals surface area contributed by atoms with Crippen molar-refractivity contribution in [3.63, 3.8) is 0 Å². The van der Waals surface area contributed by atoms with Gasteiger partial charge in [0.15, 0.2) is 0 Å². The highest BCUT2D eigenvalue weighted by molar-refractivity contribution is 5.03. The Morgan fingerprint density at radius 3 is 2.37 bits per heavy atom. The summed E-state index contributed by atoms with van der Waals surface area (Å²) in [5.41, 5.74) is 0. The van der Waals surface area contributed by atoms with Gasteiger partial charge >= 0.3 is 0 Å². The van der Waals surface area contributed by atoms with E-state index in [0.717, 1.165) is 19.6 Å². The molecule has 0 rings (SSSR count). The molecule has 0 amide bonds. The quantitative estimate of drug-likeness (QED) is 0.366. The van der Waals surface area contributed by atoms with E-state index in [1.807, 2.05) is 6.08 Å². The van der Waals surface area contributed by atoms with Crippen LogP contribution in [0, 0.1) is 0 Å². The Kier molecular flexibility index (Phi) is 15.0. The molecule has 0 aliphatic carbocycles. The van der Waals surface area contributed by atoms with Gasteiger partial charge in [-0.25, -0.2) is 0 Å². The van der Waals surface area contributed by atoms with Crippen molar-refractivity contribution in [2.45, 2.75) is 64.8 Å². The summed E-state index contributed by atoms with van der Waals surface area (Å²) in [4.78, 5) is 0. The third-order valence-electron chi connectivity index (χ3n) is 3.23. The minimum Gasteiger partial charge on any atom is -0.313 e. The van der Waals surface area contributed by atoms with Crippen LogP contribution in [0.2, 0.25) is 0 Å². The van der Waals surface area contributed by atoms with E-state index in [1.165, 1.54) is 44.9 Å². The number of nitrogens with one attached hydrogen (secondary N) is 2.